The zero-order valence-electron chi connectivity index (χ0n) is 11.9. The molecule has 0 aliphatic heterocycles. The van der Waals surface area contributed by atoms with Gasteiger partial charge in [-0.3, -0.25) is 0 Å². The first kappa shape index (κ1) is 13.9. The van der Waals surface area contributed by atoms with Crippen molar-refractivity contribution >= 4 is 20.9 Å². The number of hydrogen-bond donors (Lipinski definition) is 0. The molecule has 0 saturated carbocycles. The van der Waals surface area contributed by atoms with Crippen LogP contribution < -0.4 is 0 Å². The van der Waals surface area contributed by atoms with E-state index in [1.165, 1.54) is 18.4 Å². The Morgan fingerprint density at radius 1 is 0.905 bits per heavy atom. The Bertz CT molecular complexity index is 878. The number of para-hydroxylation sites is 1. The van der Waals surface area contributed by atoms with Crippen LogP contribution in [0, 0.1) is 0 Å². The standard InChI is InChI=1S/C16H16N2O2S/c1-17(2)21(19,20)15-9-7-14(8-10-15)18-12-11-13-5-3-4-6-16(13)18/h3-12H,1-2H3. The molecule has 0 aliphatic rings. The summed E-state index contributed by atoms with van der Waals surface area (Å²) in [5.41, 5.74) is 2.04. The number of benzene rings is 2. The first-order valence-electron chi connectivity index (χ1n) is 6.59. The molecule has 1 aromatic heterocycles. The van der Waals surface area contributed by atoms with Gasteiger partial charge < -0.3 is 4.57 Å². The summed E-state index contributed by atoms with van der Waals surface area (Å²) in [6.45, 7) is 0. The molecule has 5 heteroatoms. The number of aromatic nitrogens is 1. The van der Waals surface area contributed by atoms with Gasteiger partial charge in [0.25, 0.3) is 0 Å². The summed E-state index contributed by atoms with van der Waals surface area (Å²) in [5.74, 6) is 0. The van der Waals surface area contributed by atoms with Crippen LogP contribution in [0.1, 0.15) is 0 Å². The molecule has 3 aromatic rings. The largest absolute Gasteiger partial charge is 0.317 e. The van der Waals surface area contributed by atoms with E-state index in [0.717, 1.165) is 16.6 Å². The molecular weight excluding hydrogens is 284 g/mol. The van der Waals surface area contributed by atoms with Crippen molar-refractivity contribution in [2.24, 2.45) is 0 Å². The van der Waals surface area contributed by atoms with Crippen LogP contribution in [0.4, 0.5) is 0 Å². The Kier molecular flexibility index (Phi) is 3.31. The van der Waals surface area contributed by atoms with Crippen LogP contribution in [0.5, 0.6) is 0 Å². The summed E-state index contributed by atoms with van der Waals surface area (Å²) in [6, 6.07) is 17.0. The summed E-state index contributed by atoms with van der Waals surface area (Å²) >= 11 is 0. The molecule has 0 fully saturated rings. The van der Waals surface area contributed by atoms with Gasteiger partial charge in [-0.2, -0.15) is 0 Å². The minimum atomic E-state index is -3.38. The van der Waals surface area contributed by atoms with E-state index in [4.69, 9.17) is 0 Å². The Morgan fingerprint density at radius 3 is 2.24 bits per heavy atom. The van der Waals surface area contributed by atoms with Gasteiger partial charge in [0.1, 0.15) is 0 Å². The lowest BCUT2D eigenvalue weighted by atomic mass is 10.2. The molecule has 3 rings (SSSR count). The molecule has 0 aliphatic carbocycles. The number of nitrogens with zero attached hydrogens (tertiary/aromatic N) is 2. The van der Waals surface area contributed by atoms with Crippen molar-refractivity contribution in [1.82, 2.24) is 8.87 Å². The third kappa shape index (κ3) is 2.34. The monoisotopic (exact) mass is 300 g/mol. The van der Waals surface area contributed by atoms with Gasteiger partial charge in [0.05, 0.1) is 10.4 Å². The molecule has 0 atom stereocenters. The molecule has 0 N–H and O–H groups in total. The van der Waals surface area contributed by atoms with Gasteiger partial charge in [0.2, 0.25) is 10.0 Å². The maximum absolute atomic E-state index is 12.1. The van der Waals surface area contributed by atoms with Crippen LogP contribution in [0.3, 0.4) is 0 Å². The minimum Gasteiger partial charge on any atom is -0.317 e. The van der Waals surface area contributed by atoms with Gasteiger partial charge in [0.15, 0.2) is 0 Å². The van der Waals surface area contributed by atoms with Crippen molar-refractivity contribution in [3.8, 4) is 5.69 Å². The zero-order chi connectivity index (χ0) is 15.0. The molecular formula is C16H16N2O2S. The number of hydrogen-bond acceptors (Lipinski definition) is 2. The second-order valence-electron chi connectivity index (χ2n) is 5.03. The first-order chi connectivity index (χ1) is 10.00. The molecule has 2 aromatic carbocycles. The van der Waals surface area contributed by atoms with E-state index in [-0.39, 0.29) is 0 Å². The Balaban J connectivity index is 2.06. The third-order valence-electron chi connectivity index (χ3n) is 3.49. The van der Waals surface area contributed by atoms with E-state index in [2.05, 4.69) is 6.07 Å². The Morgan fingerprint density at radius 2 is 1.57 bits per heavy atom. The third-order valence-corrected chi connectivity index (χ3v) is 5.32. The van der Waals surface area contributed by atoms with Crippen LogP contribution in [0.2, 0.25) is 0 Å². The summed E-state index contributed by atoms with van der Waals surface area (Å²) < 4.78 is 27.4. The number of fused-ring (bicyclic) bond motifs is 1. The van der Waals surface area contributed by atoms with Crippen molar-refractivity contribution < 1.29 is 8.42 Å². The highest BCUT2D eigenvalue weighted by Gasteiger charge is 2.16. The average Bonchev–Trinajstić information content (AvgIpc) is 2.91. The van der Waals surface area contributed by atoms with Crippen LogP contribution in [0.25, 0.3) is 16.6 Å². The minimum absolute atomic E-state index is 0.299. The van der Waals surface area contributed by atoms with Gasteiger partial charge in [-0.25, -0.2) is 12.7 Å². The maximum atomic E-state index is 12.1. The molecule has 21 heavy (non-hydrogen) atoms. The Labute approximate surface area is 124 Å². The molecule has 0 radical (unpaired) electrons. The molecule has 4 nitrogen and oxygen atoms in total. The SMILES string of the molecule is CN(C)S(=O)(=O)c1ccc(-n2ccc3ccccc32)cc1. The second-order valence-corrected chi connectivity index (χ2v) is 7.18. The fraction of sp³-hybridized carbons (Fsp3) is 0.125. The molecule has 0 bridgehead atoms. The molecule has 0 saturated heterocycles. The maximum Gasteiger partial charge on any atom is 0.242 e. The summed E-state index contributed by atoms with van der Waals surface area (Å²) in [5, 5.41) is 1.16. The molecule has 0 amide bonds. The van der Waals surface area contributed by atoms with Crippen molar-refractivity contribution in [2.75, 3.05) is 14.1 Å². The van der Waals surface area contributed by atoms with Crippen LogP contribution in [0.15, 0.2) is 65.7 Å². The van der Waals surface area contributed by atoms with Crippen molar-refractivity contribution in [3.63, 3.8) is 0 Å². The first-order valence-corrected chi connectivity index (χ1v) is 8.03. The summed E-state index contributed by atoms with van der Waals surface area (Å²) in [7, 11) is -0.320. The van der Waals surface area contributed by atoms with Crippen LogP contribution >= 0.6 is 0 Å². The molecule has 1 heterocycles. The van der Waals surface area contributed by atoms with Crippen molar-refractivity contribution in [2.45, 2.75) is 4.90 Å². The van der Waals surface area contributed by atoms with E-state index in [1.807, 2.05) is 47.2 Å². The normalized spacial score (nSPS) is 12.1. The van der Waals surface area contributed by atoms with Crippen LogP contribution in [-0.2, 0) is 10.0 Å². The van der Waals surface area contributed by atoms with Gasteiger partial charge in [-0.05, 0) is 41.8 Å². The van der Waals surface area contributed by atoms with Crippen LogP contribution in [-0.4, -0.2) is 31.4 Å². The fourth-order valence-electron chi connectivity index (χ4n) is 2.30. The lowest BCUT2D eigenvalue weighted by molar-refractivity contribution is 0.521. The number of rotatable bonds is 3. The van der Waals surface area contributed by atoms with Gasteiger partial charge in [-0.1, -0.05) is 18.2 Å². The van der Waals surface area contributed by atoms with Gasteiger partial charge >= 0.3 is 0 Å². The van der Waals surface area contributed by atoms with E-state index >= 15 is 0 Å². The molecule has 0 spiro atoms. The lowest BCUT2D eigenvalue weighted by Crippen LogP contribution is -2.22. The smallest absolute Gasteiger partial charge is 0.242 e. The van der Waals surface area contributed by atoms with E-state index < -0.39 is 10.0 Å². The number of sulfonamides is 1. The Hall–Kier alpha value is -2.11. The van der Waals surface area contributed by atoms with Gasteiger partial charge in [0, 0.05) is 26.0 Å². The highest BCUT2D eigenvalue weighted by atomic mass is 32.2. The lowest BCUT2D eigenvalue weighted by Gasteiger charge is -2.12. The summed E-state index contributed by atoms with van der Waals surface area (Å²) in [6.07, 6.45) is 1.99. The zero-order valence-corrected chi connectivity index (χ0v) is 12.7. The van der Waals surface area contributed by atoms with E-state index in [9.17, 15) is 8.42 Å². The predicted octanol–water partition coefficient (Wildman–Crippen LogP) is 2.88. The topological polar surface area (TPSA) is 42.3 Å². The highest BCUT2D eigenvalue weighted by Crippen LogP contribution is 2.22. The second kappa shape index (κ2) is 5.02. The van der Waals surface area contributed by atoms with Gasteiger partial charge in [-0.15, -0.1) is 0 Å². The predicted molar refractivity (Wildman–Crippen MR) is 84.1 cm³/mol. The highest BCUT2D eigenvalue weighted by molar-refractivity contribution is 7.89. The summed E-state index contributed by atoms with van der Waals surface area (Å²) in [4.78, 5) is 0.299. The molecule has 108 valence electrons. The average molecular weight is 300 g/mol. The quantitative estimate of drug-likeness (QED) is 0.746. The van der Waals surface area contributed by atoms with E-state index in [1.54, 1.807) is 12.1 Å². The van der Waals surface area contributed by atoms with Crippen molar-refractivity contribution in [1.29, 1.82) is 0 Å². The van der Waals surface area contributed by atoms with Crippen molar-refractivity contribution in [3.05, 3.63) is 60.8 Å². The fourth-order valence-corrected chi connectivity index (χ4v) is 3.20. The molecule has 0 unspecified atom stereocenters. The van der Waals surface area contributed by atoms with E-state index in [0.29, 0.717) is 4.90 Å².